The van der Waals surface area contributed by atoms with E-state index in [9.17, 15) is 4.39 Å². The highest BCUT2D eigenvalue weighted by molar-refractivity contribution is 5.94. The molecule has 2 rings (SSSR count). The number of para-hydroxylation sites is 1. The van der Waals surface area contributed by atoms with Crippen molar-refractivity contribution in [3.63, 3.8) is 0 Å². The van der Waals surface area contributed by atoms with Crippen molar-refractivity contribution in [2.45, 2.75) is 13.3 Å². The van der Waals surface area contributed by atoms with E-state index in [0.29, 0.717) is 22.2 Å². The van der Waals surface area contributed by atoms with Gasteiger partial charge < -0.3 is 5.32 Å². The lowest BCUT2D eigenvalue weighted by atomic mass is 10.1. The molecule has 0 aliphatic carbocycles. The largest absolute Gasteiger partial charge is 0.383 e. The minimum absolute atomic E-state index is 0.296. The predicted octanol–water partition coefficient (Wildman–Crippen LogP) is 3.07. The molecule has 0 radical (unpaired) electrons. The number of nitrogens with one attached hydrogen (secondary N) is 1. The van der Waals surface area contributed by atoms with Crippen LogP contribution in [0, 0.1) is 17.1 Å². The molecule has 0 atom stereocenters. The van der Waals surface area contributed by atoms with Crippen LogP contribution in [0.1, 0.15) is 18.9 Å². The fraction of sp³-hybridized carbons (Fsp3) is 0.231. The summed E-state index contributed by atoms with van der Waals surface area (Å²) in [5.74, 6) is -0.369. The molecule has 0 aliphatic rings. The molecule has 0 bridgehead atoms. The van der Waals surface area contributed by atoms with Crippen LogP contribution < -0.4 is 5.32 Å². The Bertz CT molecular complexity index is 587. The molecular weight excluding hydrogens is 217 g/mol. The van der Waals surface area contributed by atoms with Gasteiger partial charge in [-0.3, -0.25) is 4.98 Å². The number of halogens is 1. The minimum atomic E-state index is -0.369. The number of nitrogens with zero attached hydrogens (tertiary/aromatic N) is 2. The Kier molecular flexibility index (Phi) is 3.20. The zero-order valence-corrected chi connectivity index (χ0v) is 9.50. The first-order valence-electron chi connectivity index (χ1n) is 5.49. The summed E-state index contributed by atoms with van der Waals surface area (Å²) in [5.41, 5.74) is 1.40. The number of pyridine rings is 1. The van der Waals surface area contributed by atoms with Gasteiger partial charge in [-0.05, 0) is 12.5 Å². The molecule has 0 saturated carbocycles. The van der Waals surface area contributed by atoms with Crippen molar-refractivity contribution in [1.82, 2.24) is 4.98 Å². The summed E-state index contributed by atoms with van der Waals surface area (Å²) in [4.78, 5) is 3.98. The Morgan fingerprint density at radius 1 is 1.47 bits per heavy atom. The highest BCUT2D eigenvalue weighted by atomic mass is 19.1. The molecule has 3 nitrogen and oxygen atoms in total. The third-order valence-corrected chi connectivity index (χ3v) is 2.52. The second-order valence-electron chi connectivity index (χ2n) is 3.72. The Morgan fingerprint density at radius 3 is 3.00 bits per heavy atom. The summed E-state index contributed by atoms with van der Waals surface area (Å²) < 4.78 is 13.6. The highest BCUT2D eigenvalue weighted by Gasteiger charge is 2.10. The standard InChI is InChI=1S/C13H12FN3/c1-2-6-16-12-9(7-15)8-17-13-10(12)4-3-5-11(13)14/h3-5,8H,2,6H2,1H3,(H,16,17). The van der Waals surface area contributed by atoms with Gasteiger partial charge in [-0.15, -0.1) is 0 Å². The van der Waals surface area contributed by atoms with Crippen molar-refractivity contribution in [1.29, 1.82) is 5.26 Å². The summed E-state index contributed by atoms with van der Waals surface area (Å²) in [6.07, 6.45) is 2.34. The fourth-order valence-electron chi connectivity index (χ4n) is 1.71. The van der Waals surface area contributed by atoms with Gasteiger partial charge in [-0.1, -0.05) is 19.1 Å². The lowest BCUT2D eigenvalue weighted by Gasteiger charge is -2.10. The van der Waals surface area contributed by atoms with Gasteiger partial charge in [0.25, 0.3) is 0 Å². The van der Waals surface area contributed by atoms with Crippen LogP contribution in [-0.4, -0.2) is 11.5 Å². The predicted molar refractivity (Wildman–Crippen MR) is 65.2 cm³/mol. The minimum Gasteiger partial charge on any atom is -0.383 e. The van der Waals surface area contributed by atoms with Crippen LogP contribution in [0.25, 0.3) is 10.9 Å². The normalized spacial score (nSPS) is 10.2. The van der Waals surface area contributed by atoms with Gasteiger partial charge >= 0.3 is 0 Å². The van der Waals surface area contributed by atoms with Gasteiger partial charge in [0, 0.05) is 18.1 Å². The van der Waals surface area contributed by atoms with Crippen LogP contribution in [0.15, 0.2) is 24.4 Å². The van der Waals surface area contributed by atoms with E-state index < -0.39 is 0 Å². The first-order valence-corrected chi connectivity index (χ1v) is 5.49. The lowest BCUT2D eigenvalue weighted by molar-refractivity contribution is 0.637. The van der Waals surface area contributed by atoms with Gasteiger partial charge in [0.05, 0.1) is 11.3 Å². The maximum atomic E-state index is 13.6. The molecule has 0 fully saturated rings. The first kappa shape index (κ1) is 11.3. The molecule has 2 aromatic rings. The van der Waals surface area contributed by atoms with Gasteiger partial charge in [-0.25, -0.2) is 4.39 Å². The van der Waals surface area contributed by atoms with E-state index in [1.165, 1.54) is 12.3 Å². The molecule has 0 aliphatic heterocycles. The lowest BCUT2D eigenvalue weighted by Crippen LogP contribution is -2.03. The van der Waals surface area contributed by atoms with E-state index in [4.69, 9.17) is 5.26 Å². The maximum absolute atomic E-state index is 13.6. The van der Waals surface area contributed by atoms with Gasteiger partial charge in [-0.2, -0.15) is 5.26 Å². The average Bonchev–Trinajstić information content (AvgIpc) is 2.36. The van der Waals surface area contributed by atoms with Crippen LogP contribution in [0.2, 0.25) is 0 Å². The quantitative estimate of drug-likeness (QED) is 0.879. The van der Waals surface area contributed by atoms with Crippen LogP contribution in [0.4, 0.5) is 10.1 Å². The molecular formula is C13H12FN3. The van der Waals surface area contributed by atoms with Crippen molar-refractivity contribution in [3.8, 4) is 6.07 Å². The number of anilines is 1. The molecule has 0 amide bonds. The number of benzene rings is 1. The van der Waals surface area contributed by atoms with Crippen molar-refractivity contribution >= 4 is 16.6 Å². The first-order chi connectivity index (χ1) is 8.27. The highest BCUT2D eigenvalue weighted by Crippen LogP contribution is 2.26. The van der Waals surface area contributed by atoms with E-state index >= 15 is 0 Å². The van der Waals surface area contributed by atoms with Crippen LogP contribution in [0.3, 0.4) is 0 Å². The maximum Gasteiger partial charge on any atom is 0.149 e. The van der Waals surface area contributed by atoms with Crippen molar-refractivity contribution in [3.05, 3.63) is 35.8 Å². The molecule has 0 spiro atoms. The molecule has 4 heteroatoms. The number of aromatic nitrogens is 1. The Balaban J connectivity index is 2.66. The van der Waals surface area contributed by atoms with Crippen LogP contribution in [-0.2, 0) is 0 Å². The number of rotatable bonds is 3. The van der Waals surface area contributed by atoms with E-state index in [2.05, 4.69) is 16.4 Å². The molecule has 86 valence electrons. The van der Waals surface area contributed by atoms with Gasteiger partial charge in [0.15, 0.2) is 0 Å². The summed E-state index contributed by atoms with van der Waals surface area (Å²) in [7, 11) is 0. The van der Waals surface area contributed by atoms with Gasteiger partial charge in [0.2, 0.25) is 0 Å². The van der Waals surface area contributed by atoms with E-state index in [1.54, 1.807) is 12.1 Å². The zero-order chi connectivity index (χ0) is 12.3. The monoisotopic (exact) mass is 229 g/mol. The summed E-state index contributed by atoms with van der Waals surface area (Å²) in [6.45, 7) is 2.77. The second kappa shape index (κ2) is 4.79. The number of hydrogen-bond acceptors (Lipinski definition) is 3. The molecule has 1 aromatic carbocycles. The Labute approximate surface area is 98.9 Å². The van der Waals surface area contributed by atoms with Crippen molar-refractivity contribution in [2.75, 3.05) is 11.9 Å². The summed E-state index contributed by atoms with van der Waals surface area (Å²) in [6, 6.07) is 6.83. The number of hydrogen-bond donors (Lipinski definition) is 1. The fourth-order valence-corrected chi connectivity index (χ4v) is 1.71. The number of fused-ring (bicyclic) bond motifs is 1. The molecule has 1 N–H and O–H groups in total. The van der Waals surface area contributed by atoms with Crippen molar-refractivity contribution in [2.24, 2.45) is 0 Å². The second-order valence-corrected chi connectivity index (χ2v) is 3.72. The Hall–Kier alpha value is -2.15. The van der Waals surface area contributed by atoms with E-state index in [0.717, 1.165) is 13.0 Å². The third kappa shape index (κ3) is 2.04. The molecule has 0 saturated heterocycles. The van der Waals surface area contributed by atoms with E-state index in [1.807, 2.05) is 6.92 Å². The average molecular weight is 229 g/mol. The molecule has 17 heavy (non-hydrogen) atoms. The smallest absolute Gasteiger partial charge is 0.149 e. The van der Waals surface area contributed by atoms with Crippen molar-refractivity contribution < 1.29 is 4.39 Å². The van der Waals surface area contributed by atoms with Gasteiger partial charge in [0.1, 0.15) is 17.4 Å². The van der Waals surface area contributed by atoms with Crippen LogP contribution >= 0.6 is 0 Å². The topological polar surface area (TPSA) is 48.7 Å². The van der Waals surface area contributed by atoms with E-state index in [-0.39, 0.29) is 5.82 Å². The summed E-state index contributed by atoms with van der Waals surface area (Å²) >= 11 is 0. The molecule has 1 heterocycles. The van der Waals surface area contributed by atoms with Crippen LogP contribution in [0.5, 0.6) is 0 Å². The zero-order valence-electron chi connectivity index (χ0n) is 9.50. The number of nitriles is 1. The SMILES string of the molecule is CCCNc1c(C#N)cnc2c(F)cccc12. The third-order valence-electron chi connectivity index (χ3n) is 2.52. The molecule has 1 aromatic heterocycles. The molecule has 0 unspecified atom stereocenters. The Morgan fingerprint density at radius 2 is 2.29 bits per heavy atom. The summed E-state index contributed by atoms with van der Waals surface area (Å²) in [5, 5.41) is 12.8.